The summed E-state index contributed by atoms with van der Waals surface area (Å²) in [6, 6.07) is 28.6. The number of rotatable bonds is 12. The van der Waals surface area contributed by atoms with Gasteiger partial charge in [-0.05, 0) is 36.4 Å². The average molecular weight is 609 g/mol. The summed E-state index contributed by atoms with van der Waals surface area (Å²) >= 11 is 0.0287. The summed E-state index contributed by atoms with van der Waals surface area (Å²) in [5.41, 5.74) is 0. The van der Waals surface area contributed by atoms with Gasteiger partial charge in [-0.3, -0.25) is 0 Å². The van der Waals surface area contributed by atoms with Crippen molar-refractivity contribution in [2.75, 3.05) is 0 Å². The lowest BCUT2D eigenvalue weighted by molar-refractivity contribution is -0.597. The fourth-order valence-electron chi connectivity index (χ4n) is 3.23. The van der Waals surface area contributed by atoms with Gasteiger partial charge in [0.2, 0.25) is 0 Å². The lowest BCUT2D eigenvalue weighted by Crippen LogP contribution is -3.61. The molecule has 3 nitrogen and oxygen atoms in total. The highest BCUT2D eigenvalue weighted by molar-refractivity contribution is 7.85. The first-order chi connectivity index (χ1) is 17.0. The zero-order valence-electron chi connectivity index (χ0n) is 21.2. The Bertz CT molecular complexity index is 915. The lowest BCUT2D eigenvalue weighted by Gasteiger charge is -2.04. The third kappa shape index (κ3) is 17.4. The first-order valence-electron chi connectivity index (χ1n) is 12.7. The molecule has 3 aromatic rings. The van der Waals surface area contributed by atoms with Crippen LogP contribution in [0.4, 0.5) is 0 Å². The molecule has 0 radical (unpaired) electrons. The Morgan fingerprint density at radius 3 is 1.14 bits per heavy atom. The van der Waals surface area contributed by atoms with E-state index in [4.69, 9.17) is 0 Å². The summed E-state index contributed by atoms with van der Waals surface area (Å²) in [5.74, 6) is 0. The molecule has 0 fully saturated rings. The monoisotopic (exact) mass is 608 g/mol. The summed E-state index contributed by atoms with van der Waals surface area (Å²) in [4.78, 5) is -0.185. The Morgan fingerprint density at radius 1 is 0.543 bits per heavy atom. The molecule has 0 aromatic heterocycles. The SMILES string of the molecule is CCCCCCCCCCCC.O=S(=O)([O-])c1ccccc1.c1ccc([I+]c2ccccc2)cc1. The van der Waals surface area contributed by atoms with Crippen LogP contribution < -0.4 is 21.2 Å². The lowest BCUT2D eigenvalue weighted by atomic mass is 10.1. The second kappa shape index (κ2) is 20.5. The van der Waals surface area contributed by atoms with Gasteiger partial charge in [0.05, 0.1) is 4.90 Å². The molecule has 0 amide bonds. The fourth-order valence-corrected chi connectivity index (χ4v) is 5.99. The highest BCUT2D eigenvalue weighted by atomic mass is 127. The van der Waals surface area contributed by atoms with Crippen molar-refractivity contribution in [3.63, 3.8) is 0 Å². The van der Waals surface area contributed by atoms with Crippen LogP contribution in [0.3, 0.4) is 0 Å². The Balaban J connectivity index is 0.000000265. The Labute approximate surface area is 224 Å². The second-order valence-corrected chi connectivity index (χ2v) is 12.7. The summed E-state index contributed by atoms with van der Waals surface area (Å²) in [6.07, 6.45) is 14.4. The Hall–Kier alpha value is -1.70. The maximum atomic E-state index is 10.3. The van der Waals surface area contributed by atoms with Crippen molar-refractivity contribution in [1.82, 2.24) is 0 Å². The average Bonchev–Trinajstić information content (AvgIpc) is 2.88. The van der Waals surface area contributed by atoms with Gasteiger partial charge < -0.3 is 4.55 Å². The van der Waals surface area contributed by atoms with E-state index in [-0.39, 0.29) is 26.1 Å². The molecule has 3 aromatic carbocycles. The Morgan fingerprint density at radius 2 is 0.857 bits per heavy atom. The summed E-state index contributed by atoms with van der Waals surface area (Å²) in [6.45, 7) is 4.56. The van der Waals surface area contributed by atoms with E-state index < -0.39 is 10.1 Å². The summed E-state index contributed by atoms with van der Waals surface area (Å²) < 4.78 is 33.8. The molecule has 0 aliphatic carbocycles. The molecule has 0 aliphatic rings. The van der Waals surface area contributed by atoms with Gasteiger partial charge in [0.25, 0.3) is 0 Å². The smallest absolute Gasteiger partial charge is 0.357 e. The van der Waals surface area contributed by atoms with Gasteiger partial charge in [0.15, 0.2) is 7.14 Å². The van der Waals surface area contributed by atoms with Crippen LogP contribution in [0, 0.1) is 7.14 Å². The molecule has 0 saturated carbocycles. The highest BCUT2D eigenvalue weighted by Gasteiger charge is 2.12. The molecule has 3 rings (SSSR count). The third-order valence-corrected chi connectivity index (χ3v) is 8.71. The Kier molecular flexibility index (Phi) is 18.3. The number of hydrogen-bond acceptors (Lipinski definition) is 3. The molecular weight excluding hydrogens is 567 g/mol. The van der Waals surface area contributed by atoms with Gasteiger partial charge in [0, 0.05) is 0 Å². The molecular formula is C30H41IO3S. The molecule has 0 bridgehead atoms. The van der Waals surface area contributed by atoms with Crippen LogP contribution >= 0.6 is 0 Å². The number of benzene rings is 3. The zero-order chi connectivity index (χ0) is 25.6. The van der Waals surface area contributed by atoms with Crippen molar-refractivity contribution in [3.05, 3.63) is 98.1 Å². The van der Waals surface area contributed by atoms with Gasteiger partial charge >= 0.3 is 21.2 Å². The minimum Gasteiger partial charge on any atom is -0.744 e. The van der Waals surface area contributed by atoms with Crippen LogP contribution in [-0.2, 0) is 10.1 Å². The molecule has 0 heterocycles. The van der Waals surface area contributed by atoms with Crippen LogP contribution in [0.1, 0.15) is 78.1 Å². The standard InChI is InChI=1S/C12H10I.C12H26.C6H6O3S/c1-3-7-11(8-4-1)13-12-9-5-2-6-10-12;1-3-5-7-9-11-12-10-8-6-4-2;7-10(8,9)6-4-2-1-3-5-6/h1-10H;3-12H2,1-2H3;1-5H,(H,7,8,9)/q+1;;/p-1. The number of unbranched alkanes of at least 4 members (excludes halogenated alkanes) is 9. The minimum atomic E-state index is -4.25. The van der Waals surface area contributed by atoms with Crippen molar-refractivity contribution in [2.24, 2.45) is 0 Å². The molecule has 0 saturated heterocycles. The third-order valence-electron chi connectivity index (χ3n) is 5.17. The fraction of sp³-hybridized carbons (Fsp3) is 0.400. The van der Waals surface area contributed by atoms with E-state index >= 15 is 0 Å². The van der Waals surface area contributed by atoms with Crippen molar-refractivity contribution < 1.29 is 34.2 Å². The predicted molar refractivity (Wildman–Crippen MR) is 142 cm³/mol. The van der Waals surface area contributed by atoms with Crippen molar-refractivity contribution >= 4 is 10.1 Å². The van der Waals surface area contributed by atoms with Gasteiger partial charge in [0.1, 0.15) is 10.1 Å². The van der Waals surface area contributed by atoms with Crippen LogP contribution in [0.2, 0.25) is 0 Å². The topological polar surface area (TPSA) is 57.2 Å². The maximum absolute atomic E-state index is 10.3. The quantitative estimate of drug-likeness (QED) is 0.159. The maximum Gasteiger partial charge on any atom is 0.357 e. The van der Waals surface area contributed by atoms with E-state index in [0.717, 1.165) is 0 Å². The predicted octanol–water partition coefficient (Wildman–Crippen LogP) is 5.33. The molecule has 192 valence electrons. The molecule has 0 N–H and O–H groups in total. The van der Waals surface area contributed by atoms with Gasteiger partial charge in [-0.1, -0.05) is 133 Å². The van der Waals surface area contributed by atoms with Gasteiger partial charge in [-0.15, -0.1) is 0 Å². The molecule has 0 aliphatic heterocycles. The molecule has 0 atom stereocenters. The van der Waals surface area contributed by atoms with E-state index in [1.807, 2.05) is 0 Å². The van der Waals surface area contributed by atoms with E-state index in [0.29, 0.717) is 0 Å². The summed E-state index contributed by atoms with van der Waals surface area (Å²) in [7, 11) is -4.25. The van der Waals surface area contributed by atoms with E-state index in [1.165, 1.54) is 95.6 Å². The summed E-state index contributed by atoms with van der Waals surface area (Å²) in [5, 5.41) is 0. The first-order valence-corrected chi connectivity index (χ1v) is 16.3. The second-order valence-electron chi connectivity index (χ2n) is 8.28. The van der Waals surface area contributed by atoms with Crippen LogP contribution in [-0.4, -0.2) is 13.0 Å². The van der Waals surface area contributed by atoms with Gasteiger partial charge in [-0.2, -0.15) is 0 Å². The first kappa shape index (κ1) is 31.3. The number of halogens is 1. The molecule has 5 heteroatoms. The van der Waals surface area contributed by atoms with E-state index in [1.54, 1.807) is 6.07 Å². The van der Waals surface area contributed by atoms with Crippen molar-refractivity contribution in [1.29, 1.82) is 0 Å². The van der Waals surface area contributed by atoms with Crippen molar-refractivity contribution in [3.8, 4) is 0 Å². The normalized spacial score (nSPS) is 10.5. The van der Waals surface area contributed by atoms with Crippen molar-refractivity contribution in [2.45, 2.75) is 83.0 Å². The largest absolute Gasteiger partial charge is 0.744 e. The minimum absolute atomic E-state index is 0.0287. The number of hydrogen-bond donors (Lipinski definition) is 0. The molecule has 35 heavy (non-hydrogen) atoms. The molecule has 0 unspecified atom stereocenters. The van der Waals surface area contributed by atoms with Crippen LogP contribution in [0.25, 0.3) is 0 Å². The molecule has 0 spiro atoms. The van der Waals surface area contributed by atoms with Gasteiger partial charge in [-0.25, -0.2) is 8.42 Å². The van der Waals surface area contributed by atoms with E-state index in [2.05, 4.69) is 74.5 Å². The van der Waals surface area contributed by atoms with Crippen LogP contribution in [0.5, 0.6) is 0 Å². The zero-order valence-corrected chi connectivity index (χ0v) is 24.2. The van der Waals surface area contributed by atoms with E-state index in [9.17, 15) is 13.0 Å². The van der Waals surface area contributed by atoms with Crippen LogP contribution in [0.15, 0.2) is 95.9 Å². The highest BCUT2D eigenvalue weighted by Crippen LogP contribution is 2.10.